The highest BCUT2D eigenvalue weighted by atomic mass is 32.2. The fourth-order valence-corrected chi connectivity index (χ4v) is 2.53. The third-order valence-corrected chi connectivity index (χ3v) is 3.65. The van der Waals surface area contributed by atoms with Crippen LogP contribution >= 0.6 is 11.8 Å². The summed E-state index contributed by atoms with van der Waals surface area (Å²) in [6, 6.07) is 13.2. The van der Waals surface area contributed by atoms with Crippen molar-refractivity contribution in [3.8, 4) is 0 Å². The van der Waals surface area contributed by atoms with Crippen LogP contribution in [0.1, 0.15) is 0 Å². The van der Waals surface area contributed by atoms with E-state index in [9.17, 15) is 4.79 Å². The maximum Gasteiger partial charge on any atom is 0.275 e. The molecular formula is C14H11N3OS. The van der Waals surface area contributed by atoms with Gasteiger partial charge in [0.05, 0.1) is 22.5 Å². The molecule has 0 saturated carbocycles. The van der Waals surface area contributed by atoms with Gasteiger partial charge in [0.15, 0.2) is 0 Å². The Kier molecular flexibility index (Phi) is 3.29. The van der Waals surface area contributed by atoms with Crippen molar-refractivity contribution >= 4 is 22.5 Å². The van der Waals surface area contributed by atoms with Gasteiger partial charge in [-0.05, 0) is 18.2 Å². The lowest BCUT2D eigenvalue weighted by molar-refractivity contribution is 0.702. The Morgan fingerprint density at radius 3 is 2.79 bits per heavy atom. The highest BCUT2D eigenvalue weighted by Gasteiger charge is 2.04. The molecule has 3 rings (SSSR count). The van der Waals surface area contributed by atoms with Crippen LogP contribution in [0, 0.1) is 0 Å². The van der Waals surface area contributed by atoms with Crippen molar-refractivity contribution < 1.29 is 0 Å². The Morgan fingerprint density at radius 2 is 1.95 bits per heavy atom. The molecule has 1 aromatic carbocycles. The Hall–Kier alpha value is -2.14. The summed E-state index contributed by atoms with van der Waals surface area (Å²) in [5, 5.41) is 6.62. The summed E-state index contributed by atoms with van der Waals surface area (Å²) in [6.07, 6.45) is 3.45. The summed E-state index contributed by atoms with van der Waals surface area (Å²) in [4.78, 5) is 16.4. The van der Waals surface area contributed by atoms with Crippen molar-refractivity contribution in [2.75, 3.05) is 0 Å². The number of fused-ring (bicyclic) bond motifs is 1. The van der Waals surface area contributed by atoms with Gasteiger partial charge in [0.2, 0.25) is 0 Å². The molecule has 0 spiro atoms. The largest absolute Gasteiger partial charge is 0.275 e. The van der Waals surface area contributed by atoms with Crippen LogP contribution in [0.5, 0.6) is 0 Å². The lowest BCUT2D eigenvalue weighted by Gasteiger charge is -2.05. The lowest BCUT2D eigenvalue weighted by atomic mass is 10.2. The zero-order valence-corrected chi connectivity index (χ0v) is 10.9. The highest BCUT2D eigenvalue weighted by molar-refractivity contribution is 7.98. The molecule has 2 heterocycles. The van der Waals surface area contributed by atoms with E-state index in [2.05, 4.69) is 10.1 Å². The van der Waals surface area contributed by atoms with E-state index in [1.807, 2.05) is 42.5 Å². The first-order valence-electron chi connectivity index (χ1n) is 5.83. The monoisotopic (exact) mass is 269 g/mol. The van der Waals surface area contributed by atoms with Crippen LogP contribution in [0.4, 0.5) is 0 Å². The topological polar surface area (TPSA) is 47.8 Å². The fourth-order valence-electron chi connectivity index (χ4n) is 1.78. The van der Waals surface area contributed by atoms with Gasteiger partial charge in [-0.2, -0.15) is 5.10 Å². The van der Waals surface area contributed by atoms with E-state index < -0.39 is 0 Å². The minimum absolute atomic E-state index is 0.0680. The van der Waals surface area contributed by atoms with Gasteiger partial charge in [0.25, 0.3) is 5.56 Å². The van der Waals surface area contributed by atoms with E-state index in [1.54, 1.807) is 12.4 Å². The van der Waals surface area contributed by atoms with Gasteiger partial charge in [0.1, 0.15) is 0 Å². The van der Waals surface area contributed by atoms with Gasteiger partial charge in [-0.1, -0.05) is 36.0 Å². The van der Waals surface area contributed by atoms with Gasteiger partial charge in [-0.15, -0.1) is 0 Å². The van der Waals surface area contributed by atoms with Gasteiger partial charge < -0.3 is 0 Å². The average Bonchev–Trinajstić information content (AvgIpc) is 2.48. The van der Waals surface area contributed by atoms with Gasteiger partial charge >= 0.3 is 0 Å². The zero-order chi connectivity index (χ0) is 13.1. The van der Waals surface area contributed by atoms with Crippen LogP contribution in [0.2, 0.25) is 0 Å². The first-order chi connectivity index (χ1) is 9.34. The number of thioether (sulfide) groups is 1. The van der Waals surface area contributed by atoms with Crippen molar-refractivity contribution in [1.82, 2.24) is 14.8 Å². The van der Waals surface area contributed by atoms with Crippen LogP contribution in [0.15, 0.2) is 64.7 Å². The summed E-state index contributed by atoms with van der Waals surface area (Å²) in [5.41, 5.74) is -0.0680. The molecule has 0 bridgehead atoms. The molecule has 0 amide bonds. The number of hydrogen-bond acceptors (Lipinski definition) is 4. The molecule has 5 heteroatoms. The Morgan fingerprint density at radius 1 is 1.11 bits per heavy atom. The summed E-state index contributed by atoms with van der Waals surface area (Å²) < 4.78 is 1.46. The lowest BCUT2D eigenvalue weighted by Crippen LogP contribution is -2.21. The summed E-state index contributed by atoms with van der Waals surface area (Å²) in [7, 11) is 0. The first-order valence-corrected chi connectivity index (χ1v) is 6.82. The van der Waals surface area contributed by atoms with Crippen molar-refractivity contribution in [1.29, 1.82) is 0 Å². The predicted molar refractivity (Wildman–Crippen MR) is 76.1 cm³/mol. The van der Waals surface area contributed by atoms with E-state index in [0.29, 0.717) is 11.3 Å². The molecule has 0 unspecified atom stereocenters. The van der Waals surface area contributed by atoms with E-state index >= 15 is 0 Å². The molecule has 0 aliphatic heterocycles. The Bertz CT molecular complexity index is 755. The molecule has 0 atom stereocenters. The standard InChI is InChI=1S/C14H11N3OS/c18-14-12-6-2-1-5-11(12)9-16-17(14)10-19-13-7-3-4-8-15-13/h1-9H,10H2. The summed E-state index contributed by atoms with van der Waals surface area (Å²) in [6.45, 7) is 0. The minimum Gasteiger partial charge on any atom is -0.267 e. The fraction of sp³-hybridized carbons (Fsp3) is 0.0714. The second-order valence-electron chi connectivity index (χ2n) is 3.98. The van der Waals surface area contributed by atoms with Crippen molar-refractivity contribution in [2.24, 2.45) is 0 Å². The highest BCUT2D eigenvalue weighted by Crippen LogP contribution is 2.15. The summed E-state index contributed by atoms with van der Waals surface area (Å²) >= 11 is 1.49. The maximum absolute atomic E-state index is 12.2. The molecule has 0 fully saturated rings. The van der Waals surface area contributed by atoms with Gasteiger partial charge in [0, 0.05) is 11.6 Å². The molecule has 94 valence electrons. The SMILES string of the molecule is O=c1c2ccccc2cnn1CSc1ccccn1. The molecule has 0 aliphatic carbocycles. The summed E-state index contributed by atoms with van der Waals surface area (Å²) in [5.74, 6) is 0.459. The third kappa shape index (κ3) is 2.51. The number of nitrogens with zero attached hydrogens (tertiary/aromatic N) is 3. The second-order valence-corrected chi connectivity index (χ2v) is 4.94. The molecular weight excluding hydrogens is 258 g/mol. The third-order valence-electron chi connectivity index (χ3n) is 2.73. The quantitative estimate of drug-likeness (QED) is 0.686. The van der Waals surface area contributed by atoms with Crippen LogP contribution in [0.25, 0.3) is 10.8 Å². The van der Waals surface area contributed by atoms with E-state index in [4.69, 9.17) is 0 Å². The molecule has 0 radical (unpaired) electrons. The zero-order valence-electron chi connectivity index (χ0n) is 10.1. The smallest absolute Gasteiger partial charge is 0.267 e. The van der Waals surface area contributed by atoms with Gasteiger partial charge in [-0.25, -0.2) is 9.67 Å². The van der Waals surface area contributed by atoms with Crippen molar-refractivity contribution in [2.45, 2.75) is 10.9 Å². The Labute approximate surface area is 114 Å². The van der Waals surface area contributed by atoms with Crippen LogP contribution in [-0.2, 0) is 5.88 Å². The first kappa shape index (κ1) is 11.9. The maximum atomic E-state index is 12.2. The molecule has 19 heavy (non-hydrogen) atoms. The number of hydrogen-bond donors (Lipinski definition) is 0. The van der Waals surface area contributed by atoms with Crippen molar-refractivity contribution in [3.05, 3.63) is 65.2 Å². The number of rotatable bonds is 3. The van der Waals surface area contributed by atoms with Crippen molar-refractivity contribution in [3.63, 3.8) is 0 Å². The minimum atomic E-state index is -0.0680. The van der Waals surface area contributed by atoms with Crippen LogP contribution in [0.3, 0.4) is 0 Å². The van der Waals surface area contributed by atoms with Crippen LogP contribution < -0.4 is 5.56 Å². The predicted octanol–water partition coefficient (Wildman–Crippen LogP) is 2.54. The number of benzene rings is 1. The number of aromatic nitrogens is 3. The molecule has 0 aliphatic rings. The van der Waals surface area contributed by atoms with E-state index in [1.165, 1.54) is 16.4 Å². The molecule has 2 aromatic heterocycles. The molecule has 3 aromatic rings. The second kappa shape index (κ2) is 5.24. The Balaban J connectivity index is 1.90. The average molecular weight is 269 g/mol. The van der Waals surface area contributed by atoms with Crippen LogP contribution in [-0.4, -0.2) is 14.8 Å². The van der Waals surface area contributed by atoms with E-state index in [0.717, 1.165) is 10.4 Å². The molecule has 4 nitrogen and oxygen atoms in total. The normalized spacial score (nSPS) is 10.7. The molecule has 0 N–H and O–H groups in total. The molecule has 0 saturated heterocycles. The van der Waals surface area contributed by atoms with E-state index in [-0.39, 0.29) is 5.56 Å². The number of pyridine rings is 1. The van der Waals surface area contributed by atoms with Gasteiger partial charge in [-0.3, -0.25) is 4.79 Å².